The van der Waals surface area contributed by atoms with Gasteiger partial charge in [-0.25, -0.2) is 0 Å². The molecular formula is C20H23N3O. The van der Waals surface area contributed by atoms with Crippen molar-refractivity contribution in [3.05, 3.63) is 65.2 Å². The highest BCUT2D eigenvalue weighted by molar-refractivity contribution is 5.95. The van der Waals surface area contributed by atoms with Crippen LogP contribution in [-0.4, -0.2) is 23.9 Å². The Balaban J connectivity index is 2.00. The van der Waals surface area contributed by atoms with Gasteiger partial charge in [-0.15, -0.1) is 0 Å². The van der Waals surface area contributed by atoms with Crippen molar-refractivity contribution in [1.29, 1.82) is 5.26 Å². The minimum absolute atomic E-state index is 0.120. The summed E-state index contributed by atoms with van der Waals surface area (Å²) in [4.78, 5) is 14.4. The Bertz CT molecular complexity index is 731. The van der Waals surface area contributed by atoms with Crippen LogP contribution in [0.4, 0.5) is 5.69 Å². The molecule has 2 aromatic carbocycles. The zero-order chi connectivity index (χ0) is 17.5. The van der Waals surface area contributed by atoms with Crippen LogP contribution < -0.4 is 5.32 Å². The Morgan fingerprint density at radius 2 is 1.79 bits per heavy atom. The highest BCUT2D eigenvalue weighted by Crippen LogP contribution is 2.15. The summed E-state index contributed by atoms with van der Waals surface area (Å²) in [5.41, 5.74) is 3.50. The maximum absolute atomic E-state index is 12.5. The fourth-order valence-electron chi connectivity index (χ4n) is 2.43. The summed E-state index contributed by atoms with van der Waals surface area (Å²) >= 11 is 0. The molecule has 0 aliphatic heterocycles. The van der Waals surface area contributed by atoms with Gasteiger partial charge in [-0.1, -0.05) is 43.3 Å². The lowest BCUT2D eigenvalue weighted by Gasteiger charge is -2.24. The SMILES string of the molecule is CCc1ccc(CN(C)C(C)C(=O)Nc2ccccc2C#N)cc1. The van der Waals surface area contributed by atoms with Crippen LogP contribution >= 0.6 is 0 Å². The largest absolute Gasteiger partial charge is 0.324 e. The molecule has 0 heterocycles. The lowest BCUT2D eigenvalue weighted by Crippen LogP contribution is -2.39. The molecule has 24 heavy (non-hydrogen) atoms. The standard InChI is InChI=1S/C20H23N3O/c1-4-16-9-11-17(12-10-16)14-23(3)15(2)20(24)22-19-8-6-5-7-18(19)13-21/h5-12,15H,4,14H2,1-3H3,(H,22,24). The smallest absolute Gasteiger partial charge is 0.241 e. The number of likely N-dealkylation sites (N-methyl/N-ethyl adjacent to an activating group) is 1. The molecule has 0 fully saturated rings. The number of carbonyl (C=O) groups excluding carboxylic acids is 1. The third-order valence-corrected chi connectivity index (χ3v) is 4.21. The van der Waals surface area contributed by atoms with Crippen LogP contribution in [0.2, 0.25) is 0 Å². The van der Waals surface area contributed by atoms with Gasteiger partial charge in [-0.3, -0.25) is 9.69 Å². The van der Waals surface area contributed by atoms with E-state index in [0.717, 1.165) is 6.42 Å². The quantitative estimate of drug-likeness (QED) is 0.885. The van der Waals surface area contributed by atoms with Crippen LogP contribution in [0, 0.1) is 11.3 Å². The number of benzene rings is 2. The Morgan fingerprint density at radius 1 is 1.17 bits per heavy atom. The summed E-state index contributed by atoms with van der Waals surface area (Å²) in [5.74, 6) is -0.120. The first-order valence-corrected chi connectivity index (χ1v) is 8.13. The van der Waals surface area contributed by atoms with E-state index in [1.165, 1.54) is 11.1 Å². The van der Waals surface area contributed by atoms with Crippen LogP contribution in [0.3, 0.4) is 0 Å². The van der Waals surface area contributed by atoms with Crippen LogP contribution in [0.5, 0.6) is 0 Å². The van der Waals surface area contributed by atoms with Gasteiger partial charge in [-0.2, -0.15) is 5.26 Å². The van der Waals surface area contributed by atoms with Gasteiger partial charge in [0, 0.05) is 6.54 Å². The van der Waals surface area contributed by atoms with Gasteiger partial charge in [0.25, 0.3) is 0 Å². The second kappa shape index (κ2) is 8.28. The third kappa shape index (κ3) is 4.43. The van der Waals surface area contributed by atoms with Crippen LogP contribution in [-0.2, 0) is 17.8 Å². The fraction of sp³-hybridized carbons (Fsp3) is 0.300. The summed E-state index contributed by atoms with van der Waals surface area (Å²) in [6, 6.07) is 17.3. The second-order valence-corrected chi connectivity index (χ2v) is 5.91. The van der Waals surface area contributed by atoms with Crippen molar-refractivity contribution in [2.24, 2.45) is 0 Å². The van der Waals surface area contributed by atoms with E-state index in [-0.39, 0.29) is 11.9 Å². The normalized spacial score (nSPS) is 11.8. The molecule has 1 atom stereocenters. The number of carbonyl (C=O) groups is 1. The van der Waals surface area contributed by atoms with Gasteiger partial charge in [0.1, 0.15) is 6.07 Å². The summed E-state index contributed by atoms with van der Waals surface area (Å²) in [6.45, 7) is 4.69. The van der Waals surface area contributed by atoms with Crippen molar-refractivity contribution in [2.45, 2.75) is 32.9 Å². The number of hydrogen-bond donors (Lipinski definition) is 1. The molecule has 2 aromatic rings. The molecular weight excluding hydrogens is 298 g/mol. The van der Waals surface area contributed by atoms with E-state index in [0.29, 0.717) is 17.8 Å². The Hall–Kier alpha value is -2.64. The van der Waals surface area contributed by atoms with Gasteiger partial charge in [0.15, 0.2) is 0 Å². The lowest BCUT2D eigenvalue weighted by molar-refractivity contribution is -0.120. The third-order valence-electron chi connectivity index (χ3n) is 4.21. The van der Waals surface area contributed by atoms with Gasteiger partial charge in [-0.05, 0) is 43.7 Å². The number of nitriles is 1. The first-order valence-electron chi connectivity index (χ1n) is 8.13. The zero-order valence-corrected chi connectivity index (χ0v) is 14.4. The zero-order valence-electron chi connectivity index (χ0n) is 14.4. The summed E-state index contributed by atoms with van der Waals surface area (Å²) in [6.07, 6.45) is 1.02. The molecule has 0 radical (unpaired) electrons. The van der Waals surface area contributed by atoms with Crippen molar-refractivity contribution in [2.75, 3.05) is 12.4 Å². The molecule has 1 unspecified atom stereocenters. The van der Waals surface area contributed by atoms with E-state index in [1.54, 1.807) is 24.3 Å². The highest BCUT2D eigenvalue weighted by Gasteiger charge is 2.19. The van der Waals surface area contributed by atoms with Crippen molar-refractivity contribution in [3.63, 3.8) is 0 Å². The number of aryl methyl sites for hydroxylation is 1. The van der Waals surface area contributed by atoms with Gasteiger partial charge in [0.2, 0.25) is 5.91 Å². The molecule has 0 bridgehead atoms. The Labute approximate surface area is 143 Å². The Morgan fingerprint density at radius 3 is 2.42 bits per heavy atom. The topological polar surface area (TPSA) is 56.1 Å². The molecule has 0 saturated carbocycles. The molecule has 0 spiro atoms. The monoisotopic (exact) mass is 321 g/mol. The molecule has 0 aliphatic carbocycles. The number of nitrogens with zero attached hydrogens (tertiary/aromatic N) is 2. The van der Waals surface area contributed by atoms with Crippen molar-refractivity contribution < 1.29 is 4.79 Å². The van der Waals surface area contributed by atoms with E-state index in [4.69, 9.17) is 5.26 Å². The lowest BCUT2D eigenvalue weighted by atomic mass is 10.1. The van der Waals surface area contributed by atoms with Crippen LogP contribution in [0.25, 0.3) is 0 Å². The van der Waals surface area contributed by atoms with Crippen LogP contribution in [0.15, 0.2) is 48.5 Å². The second-order valence-electron chi connectivity index (χ2n) is 5.91. The number of hydrogen-bond acceptors (Lipinski definition) is 3. The van der Waals surface area contributed by atoms with E-state index >= 15 is 0 Å². The number of amides is 1. The number of nitrogens with one attached hydrogen (secondary N) is 1. The predicted molar refractivity (Wildman–Crippen MR) is 96.5 cm³/mol. The summed E-state index contributed by atoms with van der Waals surface area (Å²) in [7, 11) is 1.92. The molecule has 1 amide bonds. The van der Waals surface area contributed by atoms with Gasteiger partial charge >= 0.3 is 0 Å². The van der Waals surface area contributed by atoms with E-state index < -0.39 is 0 Å². The number of para-hydroxylation sites is 1. The molecule has 1 N–H and O–H groups in total. The average molecular weight is 321 g/mol. The van der Waals surface area contributed by atoms with E-state index in [1.807, 2.05) is 18.9 Å². The van der Waals surface area contributed by atoms with Gasteiger partial charge in [0.05, 0.1) is 17.3 Å². The molecule has 0 aliphatic rings. The summed E-state index contributed by atoms with van der Waals surface area (Å²) < 4.78 is 0. The first-order chi connectivity index (χ1) is 11.5. The molecule has 4 heteroatoms. The summed E-state index contributed by atoms with van der Waals surface area (Å²) in [5, 5.41) is 11.9. The molecule has 0 aromatic heterocycles. The fourth-order valence-corrected chi connectivity index (χ4v) is 2.43. The minimum atomic E-state index is -0.303. The van der Waals surface area contributed by atoms with E-state index in [2.05, 4.69) is 42.6 Å². The molecule has 2 rings (SSSR count). The molecule has 4 nitrogen and oxygen atoms in total. The van der Waals surface area contributed by atoms with Crippen molar-refractivity contribution >= 4 is 11.6 Å². The first kappa shape index (κ1) is 17.7. The molecule has 124 valence electrons. The Kier molecular flexibility index (Phi) is 6.11. The molecule has 0 saturated heterocycles. The number of anilines is 1. The maximum atomic E-state index is 12.5. The average Bonchev–Trinajstić information content (AvgIpc) is 2.62. The predicted octanol–water partition coefficient (Wildman–Crippen LogP) is 3.58. The number of rotatable bonds is 6. The highest BCUT2D eigenvalue weighted by atomic mass is 16.2. The van der Waals surface area contributed by atoms with Crippen LogP contribution in [0.1, 0.15) is 30.5 Å². The van der Waals surface area contributed by atoms with Gasteiger partial charge < -0.3 is 5.32 Å². The maximum Gasteiger partial charge on any atom is 0.241 e. The van der Waals surface area contributed by atoms with Crippen molar-refractivity contribution in [3.8, 4) is 6.07 Å². The van der Waals surface area contributed by atoms with E-state index in [9.17, 15) is 4.79 Å². The van der Waals surface area contributed by atoms with Crippen molar-refractivity contribution in [1.82, 2.24) is 4.90 Å². The minimum Gasteiger partial charge on any atom is -0.324 e.